The van der Waals surface area contributed by atoms with Crippen LogP contribution in [0, 0.1) is 6.92 Å². The summed E-state index contributed by atoms with van der Waals surface area (Å²) in [4.78, 5) is 0. The number of unbranched alkanes of at least 4 members (excludes halogenated alkanes) is 2. The standard InChI is InChI=1S/C14H29OSi.Li/c1-8-10-11-12-13(9-2)15-16(6,7)14(3,4)5;/h9,13H,1-2,8,10-12H2,3-7H3;/q-1;+1/t13-;/m1./s1. The Morgan fingerprint density at radius 1 is 1.29 bits per heavy atom. The Labute approximate surface area is 122 Å². The molecule has 0 saturated heterocycles. The van der Waals surface area contributed by atoms with Crippen molar-refractivity contribution < 1.29 is 23.3 Å². The summed E-state index contributed by atoms with van der Waals surface area (Å²) in [7, 11) is -1.64. The van der Waals surface area contributed by atoms with Gasteiger partial charge in [-0.3, -0.25) is 0 Å². The van der Waals surface area contributed by atoms with Gasteiger partial charge in [0.25, 0.3) is 0 Å². The third-order valence-corrected chi connectivity index (χ3v) is 8.01. The minimum absolute atomic E-state index is 0. The van der Waals surface area contributed by atoms with E-state index < -0.39 is 8.32 Å². The second kappa shape index (κ2) is 8.59. The van der Waals surface area contributed by atoms with Gasteiger partial charge in [-0.15, -0.1) is 6.58 Å². The SMILES string of the molecule is C=C[C@H](CCCC[CH2-])O[Si](C)(C)C(C)(C)C.[Li+]. The summed E-state index contributed by atoms with van der Waals surface area (Å²) >= 11 is 0. The van der Waals surface area contributed by atoms with Crippen LogP contribution in [-0.4, -0.2) is 14.4 Å². The van der Waals surface area contributed by atoms with Gasteiger partial charge in [0, 0.05) is 0 Å². The van der Waals surface area contributed by atoms with Crippen molar-refractivity contribution in [1.82, 2.24) is 0 Å². The molecule has 17 heavy (non-hydrogen) atoms. The molecule has 1 atom stereocenters. The zero-order chi connectivity index (χ0) is 12.8. The molecular weight excluding hydrogens is 219 g/mol. The van der Waals surface area contributed by atoms with Crippen molar-refractivity contribution >= 4 is 8.32 Å². The van der Waals surface area contributed by atoms with Gasteiger partial charge >= 0.3 is 18.9 Å². The summed E-state index contributed by atoms with van der Waals surface area (Å²) in [6.45, 7) is 19.2. The Balaban J connectivity index is 0. The van der Waals surface area contributed by atoms with E-state index in [1.54, 1.807) is 0 Å². The normalized spacial score (nSPS) is 14.0. The minimum Gasteiger partial charge on any atom is -0.411 e. The Kier molecular flexibility index (Phi) is 10.0. The van der Waals surface area contributed by atoms with Crippen LogP contribution in [-0.2, 0) is 4.43 Å². The third-order valence-electron chi connectivity index (χ3n) is 3.50. The first-order valence-electron chi connectivity index (χ1n) is 6.34. The van der Waals surface area contributed by atoms with Crippen LogP contribution in [0.2, 0.25) is 18.1 Å². The van der Waals surface area contributed by atoms with Gasteiger partial charge in [0.15, 0.2) is 8.32 Å². The first-order valence-corrected chi connectivity index (χ1v) is 9.25. The summed E-state index contributed by atoms with van der Waals surface area (Å²) in [5.41, 5.74) is 0. The molecule has 0 aliphatic rings. The number of hydrogen-bond donors (Lipinski definition) is 0. The molecule has 0 aliphatic heterocycles. The van der Waals surface area contributed by atoms with E-state index in [4.69, 9.17) is 4.43 Å². The molecule has 0 aromatic rings. The topological polar surface area (TPSA) is 9.23 Å². The molecule has 0 bridgehead atoms. The summed E-state index contributed by atoms with van der Waals surface area (Å²) in [6, 6.07) is 0. The fourth-order valence-corrected chi connectivity index (χ4v) is 2.63. The molecule has 0 fully saturated rings. The second-order valence-corrected chi connectivity index (χ2v) is 10.8. The average Bonchev–Trinajstić information content (AvgIpc) is 2.14. The molecular formula is C14H29LiOSi. The van der Waals surface area contributed by atoms with E-state index >= 15 is 0 Å². The van der Waals surface area contributed by atoms with Crippen molar-refractivity contribution in [3.05, 3.63) is 19.6 Å². The fraction of sp³-hybridized carbons (Fsp3) is 0.786. The molecule has 3 heteroatoms. The molecule has 0 unspecified atom stereocenters. The Morgan fingerprint density at radius 3 is 2.18 bits per heavy atom. The minimum atomic E-state index is -1.64. The van der Waals surface area contributed by atoms with E-state index in [2.05, 4.69) is 47.4 Å². The summed E-state index contributed by atoms with van der Waals surface area (Å²) < 4.78 is 6.30. The van der Waals surface area contributed by atoms with E-state index in [0.29, 0.717) is 0 Å². The maximum absolute atomic E-state index is 6.30. The number of hydrogen-bond acceptors (Lipinski definition) is 1. The van der Waals surface area contributed by atoms with Crippen LogP contribution in [0.3, 0.4) is 0 Å². The van der Waals surface area contributed by atoms with Gasteiger partial charge in [-0.1, -0.05) is 39.7 Å². The Bertz CT molecular complexity index is 209. The van der Waals surface area contributed by atoms with Crippen molar-refractivity contribution in [2.24, 2.45) is 0 Å². The molecule has 96 valence electrons. The zero-order valence-electron chi connectivity index (χ0n) is 12.8. The van der Waals surface area contributed by atoms with Crippen LogP contribution < -0.4 is 18.9 Å². The molecule has 0 rings (SSSR count). The van der Waals surface area contributed by atoms with E-state index in [1.165, 1.54) is 12.8 Å². The third kappa shape index (κ3) is 7.52. The van der Waals surface area contributed by atoms with Crippen LogP contribution in [0.1, 0.15) is 46.5 Å². The molecule has 0 spiro atoms. The fourth-order valence-electron chi connectivity index (χ4n) is 1.30. The van der Waals surface area contributed by atoms with Crippen molar-refractivity contribution in [2.45, 2.75) is 70.7 Å². The maximum Gasteiger partial charge on any atom is 1.00 e. The molecule has 0 heterocycles. The van der Waals surface area contributed by atoms with E-state index in [-0.39, 0.29) is 30.0 Å². The summed E-state index contributed by atoms with van der Waals surface area (Å²) in [5, 5.41) is 0.278. The quantitative estimate of drug-likeness (QED) is 0.290. The van der Waals surface area contributed by atoms with E-state index in [9.17, 15) is 0 Å². The maximum atomic E-state index is 6.30. The van der Waals surface area contributed by atoms with Gasteiger partial charge in [-0.05, 0) is 24.6 Å². The van der Waals surface area contributed by atoms with Crippen molar-refractivity contribution in [3.8, 4) is 0 Å². The first-order chi connectivity index (χ1) is 7.24. The van der Waals surface area contributed by atoms with E-state index in [1.807, 2.05) is 6.08 Å². The molecule has 0 aromatic carbocycles. The molecule has 1 nitrogen and oxygen atoms in total. The second-order valence-electron chi connectivity index (χ2n) is 6.00. The van der Waals surface area contributed by atoms with Crippen molar-refractivity contribution in [2.75, 3.05) is 0 Å². The van der Waals surface area contributed by atoms with Gasteiger partial charge in [-0.25, -0.2) is 0 Å². The smallest absolute Gasteiger partial charge is 0.411 e. The first kappa shape index (κ1) is 19.8. The predicted octanol–water partition coefficient (Wildman–Crippen LogP) is 1.96. The van der Waals surface area contributed by atoms with Crippen LogP contribution in [0.5, 0.6) is 0 Å². The summed E-state index contributed by atoms with van der Waals surface area (Å²) in [6.07, 6.45) is 6.67. The predicted molar refractivity (Wildman–Crippen MR) is 76.1 cm³/mol. The van der Waals surface area contributed by atoms with Crippen molar-refractivity contribution in [3.63, 3.8) is 0 Å². The summed E-state index contributed by atoms with van der Waals surface area (Å²) in [5.74, 6) is 0. The van der Waals surface area contributed by atoms with Gasteiger partial charge in [-0.2, -0.15) is 6.42 Å². The average molecular weight is 248 g/mol. The molecule has 0 aromatic heterocycles. The van der Waals surface area contributed by atoms with Gasteiger partial charge < -0.3 is 11.3 Å². The molecule has 0 radical (unpaired) electrons. The van der Waals surface area contributed by atoms with Crippen LogP contribution >= 0.6 is 0 Å². The van der Waals surface area contributed by atoms with Gasteiger partial charge in [0.05, 0.1) is 6.10 Å². The van der Waals surface area contributed by atoms with Crippen LogP contribution in [0.15, 0.2) is 12.7 Å². The monoisotopic (exact) mass is 248 g/mol. The molecule has 0 saturated carbocycles. The molecule has 0 aliphatic carbocycles. The zero-order valence-corrected chi connectivity index (χ0v) is 13.8. The van der Waals surface area contributed by atoms with Crippen LogP contribution in [0.4, 0.5) is 0 Å². The molecule has 0 N–H and O–H groups in total. The van der Waals surface area contributed by atoms with E-state index in [0.717, 1.165) is 12.8 Å². The van der Waals surface area contributed by atoms with Gasteiger partial charge in [0.1, 0.15) is 0 Å². The van der Waals surface area contributed by atoms with Gasteiger partial charge in [0.2, 0.25) is 0 Å². The largest absolute Gasteiger partial charge is 1.00 e. The van der Waals surface area contributed by atoms with Crippen LogP contribution in [0.25, 0.3) is 0 Å². The molecule has 0 amide bonds. The Morgan fingerprint density at radius 2 is 1.82 bits per heavy atom. The number of rotatable bonds is 7. The van der Waals surface area contributed by atoms with Crippen molar-refractivity contribution in [1.29, 1.82) is 0 Å². The Hall–Kier alpha value is 0.514.